The average Bonchev–Trinajstić information content (AvgIpc) is 2.76. The van der Waals surface area contributed by atoms with E-state index in [0.717, 1.165) is 16.0 Å². The van der Waals surface area contributed by atoms with Crippen LogP contribution in [-0.2, 0) is 6.54 Å². The van der Waals surface area contributed by atoms with Gasteiger partial charge in [0.05, 0.1) is 22.2 Å². The molecule has 0 aromatic carbocycles. The molecule has 15 heavy (non-hydrogen) atoms. The van der Waals surface area contributed by atoms with E-state index in [2.05, 4.69) is 37.7 Å². The Kier molecular flexibility index (Phi) is 3.18. The van der Waals surface area contributed by atoms with Crippen molar-refractivity contribution in [3.05, 3.63) is 32.7 Å². The zero-order valence-corrected chi connectivity index (χ0v) is 10.6. The third-order valence-corrected chi connectivity index (χ3v) is 3.54. The number of halogens is 1. The van der Waals surface area contributed by atoms with Crippen LogP contribution < -0.4 is 5.73 Å². The Hall–Kier alpha value is -0.720. The summed E-state index contributed by atoms with van der Waals surface area (Å²) in [6.45, 7) is 2.64. The number of thiophene rings is 1. The fourth-order valence-corrected chi connectivity index (χ4v) is 2.42. The van der Waals surface area contributed by atoms with Crippen molar-refractivity contribution in [2.75, 3.05) is 0 Å². The molecule has 0 saturated carbocycles. The molecule has 2 rings (SSSR count). The molecule has 80 valence electrons. The minimum atomic E-state index is -0.0621. The number of nitrogens with two attached hydrogens (primary N) is 1. The van der Waals surface area contributed by atoms with E-state index < -0.39 is 0 Å². The number of aromatic nitrogens is 3. The molecule has 4 nitrogen and oxygen atoms in total. The first-order chi connectivity index (χ1) is 7.15. The summed E-state index contributed by atoms with van der Waals surface area (Å²) in [6.07, 6.45) is 1.89. The van der Waals surface area contributed by atoms with Crippen LogP contribution in [-0.4, -0.2) is 15.0 Å². The maximum atomic E-state index is 5.70. The van der Waals surface area contributed by atoms with Gasteiger partial charge in [-0.2, -0.15) is 0 Å². The zero-order valence-electron chi connectivity index (χ0n) is 8.22. The highest BCUT2D eigenvalue weighted by Gasteiger charge is 2.06. The molecular weight excluding hydrogens is 276 g/mol. The van der Waals surface area contributed by atoms with E-state index in [1.807, 2.05) is 13.1 Å². The molecule has 1 atom stereocenters. The van der Waals surface area contributed by atoms with Gasteiger partial charge in [-0.05, 0) is 39.9 Å². The molecule has 0 aliphatic carbocycles. The van der Waals surface area contributed by atoms with Gasteiger partial charge >= 0.3 is 0 Å². The molecule has 2 aromatic rings. The first-order valence-electron chi connectivity index (χ1n) is 4.53. The Labute approximate surface area is 100 Å². The quantitative estimate of drug-likeness (QED) is 0.941. The van der Waals surface area contributed by atoms with Crippen molar-refractivity contribution in [1.82, 2.24) is 15.0 Å². The molecule has 2 aromatic heterocycles. The van der Waals surface area contributed by atoms with Gasteiger partial charge in [0.1, 0.15) is 0 Å². The van der Waals surface area contributed by atoms with Crippen molar-refractivity contribution < 1.29 is 0 Å². The van der Waals surface area contributed by atoms with Crippen LogP contribution in [0, 0.1) is 0 Å². The molecule has 2 heterocycles. The van der Waals surface area contributed by atoms with Crippen LogP contribution in [0.5, 0.6) is 0 Å². The summed E-state index contributed by atoms with van der Waals surface area (Å²) >= 11 is 5.09. The standard InChI is InChI=1S/C9H11BrN4S/c1-6(11)8-4-14(13-12-8)3-7-2-9(10)15-5-7/h2,4-6H,3,11H2,1H3. The summed E-state index contributed by atoms with van der Waals surface area (Å²) in [4.78, 5) is 0. The van der Waals surface area contributed by atoms with E-state index in [4.69, 9.17) is 5.73 Å². The lowest BCUT2D eigenvalue weighted by Gasteiger charge is -1.97. The predicted octanol–water partition coefficient (Wildman–Crippen LogP) is 2.17. The minimum Gasteiger partial charge on any atom is -0.323 e. The molecule has 0 bridgehead atoms. The zero-order chi connectivity index (χ0) is 10.8. The predicted molar refractivity (Wildman–Crippen MR) is 63.7 cm³/mol. The van der Waals surface area contributed by atoms with Gasteiger partial charge in [-0.3, -0.25) is 0 Å². The third kappa shape index (κ3) is 2.64. The molecule has 6 heteroatoms. The van der Waals surface area contributed by atoms with Crippen LogP contribution in [0.1, 0.15) is 24.2 Å². The molecule has 0 saturated heterocycles. The van der Waals surface area contributed by atoms with E-state index in [-0.39, 0.29) is 6.04 Å². The lowest BCUT2D eigenvalue weighted by Crippen LogP contribution is -2.05. The first kappa shape index (κ1) is 10.8. The Morgan fingerprint density at radius 3 is 3.00 bits per heavy atom. The van der Waals surface area contributed by atoms with Crippen LogP contribution in [0.25, 0.3) is 0 Å². The number of rotatable bonds is 3. The van der Waals surface area contributed by atoms with Gasteiger partial charge in [0.2, 0.25) is 0 Å². The van der Waals surface area contributed by atoms with Crippen LogP contribution in [0.3, 0.4) is 0 Å². The van der Waals surface area contributed by atoms with Gasteiger partial charge in [-0.1, -0.05) is 5.21 Å². The second-order valence-electron chi connectivity index (χ2n) is 3.39. The lowest BCUT2D eigenvalue weighted by atomic mass is 10.3. The first-order valence-corrected chi connectivity index (χ1v) is 6.21. The highest BCUT2D eigenvalue weighted by Crippen LogP contribution is 2.21. The molecular formula is C9H11BrN4S. The fraction of sp³-hybridized carbons (Fsp3) is 0.333. The smallest absolute Gasteiger partial charge is 0.0991 e. The average molecular weight is 287 g/mol. The summed E-state index contributed by atoms with van der Waals surface area (Å²) in [5.74, 6) is 0. The molecule has 0 radical (unpaired) electrons. The lowest BCUT2D eigenvalue weighted by molar-refractivity contribution is 0.649. The van der Waals surface area contributed by atoms with Gasteiger partial charge in [0.25, 0.3) is 0 Å². The van der Waals surface area contributed by atoms with Crippen molar-refractivity contribution >= 4 is 27.3 Å². The van der Waals surface area contributed by atoms with Gasteiger partial charge in [0.15, 0.2) is 0 Å². The third-order valence-electron chi connectivity index (χ3n) is 1.99. The van der Waals surface area contributed by atoms with Crippen LogP contribution in [0.4, 0.5) is 0 Å². The minimum absolute atomic E-state index is 0.0621. The van der Waals surface area contributed by atoms with E-state index >= 15 is 0 Å². The normalized spacial score (nSPS) is 13.0. The van der Waals surface area contributed by atoms with Crippen molar-refractivity contribution in [3.8, 4) is 0 Å². The highest BCUT2D eigenvalue weighted by molar-refractivity contribution is 9.11. The second-order valence-corrected chi connectivity index (χ2v) is 5.68. The van der Waals surface area contributed by atoms with Crippen molar-refractivity contribution in [3.63, 3.8) is 0 Å². The summed E-state index contributed by atoms with van der Waals surface area (Å²) in [5.41, 5.74) is 7.74. The molecule has 0 aliphatic rings. The van der Waals surface area contributed by atoms with Gasteiger partial charge in [-0.15, -0.1) is 16.4 Å². The van der Waals surface area contributed by atoms with Crippen molar-refractivity contribution in [2.45, 2.75) is 19.5 Å². The van der Waals surface area contributed by atoms with Gasteiger partial charge in [-0.25, -0.2) is 4.68 Å². The largest absolute Gasteiger partial charge is 0.323 e. The van der Waals surface area contributed by atoms with Crippen LogP contribution in [0.2, 0.25) is 0 Å². The van der Waals surface area contributed by atoms with Crippen molar-refractivity contribution in [1.29, 1.82) is 0 Å². The number of hydrogen-bond donors (Lipinski definition) is 1. The second kappa shape index (κ2) is 4.42. The Morgan fingerprint density at radius 1 is 1.67 bits per heavy atom. The van der Waals surface area contributed by atoms with E-state index in [1.54, 1.807) is 16.0 Å². The Morgan fingerprint density at radius 2 is 2.47 bits per heavy atom. The van der Waals surface area contributed by atoms with E-state index in [0.29, 0.717) is 0 Å². The summed E-state index contributed by atoms with van der Waals surface area (Å²) in [5, 5.41) is 10.1. The Bertz CT molecular complexity index is 448. The fourth-order valence-electron chi connectivity index (χ4n) is 1.22. The molecule has 0 fully saturated rings. The molecule has 0 amide bonds. The van der Waals surface area contributed by atoms with E-state index in [1.165, 1.54) is 5.56 Å². The SMILES string of the molecule is CC(N)c1cn(Cc2csc(Br)c2)nn1. The number of nitrogens with zero attached hydrogens (tertiary/aromatic N) is 3. The maximum Gasteiger partial charge on any atom is 0.0991 e. The van der Waals surface area contributed by atoms with Gasteiger partial charge < -0.3 is 5.73 Å². The van der Waals surface area contributed by atoms with Crippen molar-refractivity contribution in [2.24, 2.45) is 5.73 Å². The Balaban J connectivity index is 2.11. The molecule has 0 aliphatic heterocycles. The van der Waals surface area contributed by atoms with Gasteiger partial charge in [0, 0.05) is 6.04 Å². The monoisotopic (exact) mass is 286 g/mol. The molecule has 0 spiro atoms. The topological polar surface area (TPSA) is 56.7 Å². The summed E-state index contributed by atoms with van der Waals surface area (Å²) in [6, 6.07) is 2.02. The summed E-state index contributed by atoms with van der Waals surface area (Å²) < 4.78 is 2.93. The number of hydrogen-bond acceptors (Lipinski definition) is 4. The highest BCUT2D eigenvalue weighted by atomic mass is 79.9. The van der Waals surface area contributed by atoms with Crippen LogP contribution >= 0.6 is 27.3 Å². The summed E-state index contributed by atoms with van der Waals surface area (Å²) in [7, 11) is 0. The molecule has 1 unspecified atom stereocenters. The maximum absolute atomic E-state index is 5.70. The molecule has 2 N–H and O–H groups in total. The van der Waals surface area contributed by atoms with Crippen LogP contribution in [0.15, 0.2) is 21.4 Å². The van der Waals surface area contributed by atoms with E-state index in [9.17, 15) is 0 Å².